The Morgan fingerprint density at radius 2 is 2.21 bits per heavy atom. The molecule has 2 nitrogen and oxygen atoms in total. The van der Waals surface area contributed by atoms with Gasteiger partial charge in [0.2, 0.25) is 0 Å². The lowest BCUT2D eigenvalue weighted by molar-refractivity contribution is -0.0442. The average Bonchev–Trinajstić information content (AvgIpc) is 2.19. The van der Waals surface area contributed by atoms with Gasteiger partial charge in [-0.05, 0) is 25.2 Å². The van der Waals surface area contributed by atoms with Crippen LogP contribution in [0.2, 0.25) is 0 Å². The Bertz CT molecular complexity index is 148. The van der Waals surface area contributed by atoms with Gasteiger partial charge in [0.15, 0.2) is 0 Å². The predicted molar refractivity (Wildman–Crippen MR) is 58.3 cm³/mol. The van der Waals surface area contributed by atoms with E-state index in [1.54, 1.807) is 0 Å². The van der Waals surface area contributed by atoms with Crippen molar-refractivity contribution in [1.29, 1.82) is 0 Å². The average molecular weight is 200 g/mol. The van der Waals surface area contributed by atoms with Crippen molar-refractivity contribution < 1.29 is 9.84 Å². The molecule has 0 aromatic heterocycles. The van der Waals surface area contributed by atoms with Crippen molar-refractivity contribution in [3.8, 4) is 0 Å². The van der Waals surface area contributed by atoms with Crippen molar-refractivity contribution in [2.24, 2.45) is 11.3 Å². The molecule has 14 heavy (non-hydrogen) atoms. The summed E-state index contributed by atoms with van der Waals surface area (Å²) < 4.78 is 5.47. The summed E-state index contributed by atoms with van der Waals surface area (Å²) in [6, 6.07) is 0. The molecule has 0 spiro atoms. The molecule has 0 aromatic carbocycles. The lowest BCUT2D eigenvalue weighted by atomic mass is 9.78. The van der Waals surface area contributed by atoms with Crippen molar-refractivity contribution in [3.05, 3.63) is 0 Å². The van der Waals surface area contributed by atoms with Gasteiger partial charge in [0.1, 0.15) is 0 Å². The maximum atomic E-state index is 9.43. The smallest absolute Gasteiger partial charge is 0.0544 e. The van der Waals surface area contributed by atoms with Crippen molar-refractivity contribution in [2.75, 3.05) is 19.8 Å². The van der Waals surface area contributed by atoms with Crippen LogP contribution in [-0.4, -0.2) is 24.9 Å². The first kappa shape index (κ1) is 12.0. The highest BCUT2D eigenvalue weighted by Gasteiger charge is 2.31. The van der Waals surface area contributed by atoms with Gasteiger partial charge in [0.25, 0.3) is 0 Å². The van der Waals surface area contributed by atoms with Crippen LogP contribution in [0.15, 0.2) is 0 Å². The molecule has 0 amide bonds. The fourth-order valence-corrected chi connectivity index (χ4v) is 2.20. The molecule has 1 aliphatic heterocycles. The third-order valence-electron chi connectivity index (χ3n) is 3.23. The lowest BCUT2D eigenvalue weighted by Gasteiger charge is -2.35. The van der Waals surface area contributed by atoms with E-state index in [0.717, 1.165) is 38.4 Å². The summed E-state index contributed by atoms with van der Waals surface area (Å²) in [5, 5.41) is 9.43. The van der Waals surface area contributed by atoms with E-state index in [-0.39, 0.29) is 5.41 Å². The van der Waals surface area contributed by atoms with E-state index in [2.05, 4.69) is 13.8 Å². The minimum Gasteiger partial charge on any atom is -0.396 e. The summed E-state index contributed by atoms with van der Waals surface area (Å²) in [6.45, 7) is 6.45. The number of ether oxygens (including phenoxy) is 1. The van der Waals surface area contributed by atoms with Crippen LogP contribution in [0.1, 0.15) is 46.0 Å². The fraction of sp³-hybridized carbons (Fsp3) is 1.00. The van der Waals surface area contributed by atoms with Gasteiger partial charge < -0.3 is 9.84 Å². The molecule has 0 aromatic rings. The summed E-state index contributed by atoms with van der Waals surface area (Å²) in [5.74, 6) is 0.773. The summed E-state index contributed by atoms with van der Waals surface area (Å²) in [7, 11) is 0. The van der Waals surface area contributed by atoms with Crippen LogP contribution < -0.4 is 0 Å². The molecule has 1 N–H and O–H groups in total. The van der Waals surface area contributed by atoms with Gasteiger partial charge in [0.05, 0.1) is 13.2 Å². The van der Waals surface area contributed by atoms with Crippen LogP contribution in [0, 0.1) is 11.3 Å². The quantitative estimate of drug-likeness (QED) is 0.739. The molecular weight excluding hydrogens is 176 g/mol. The van der Waals surface area contributed by atoms with Crippen molar-refractivity contribution in [2.45, 2.75) is 46.0 Å². The lowest BCUT2D eigenvalue weighted by Crippen LogP contribution is -2.35. The normalized spacial score (nSPS) is 28.3. The Kier molecular flexibility index (Phi) is 4.90. The zero-order valence-electron chi connectivity index (χ0n) is 9.59. The molecule has 1 atom stereocenters. The summed E-state index contributed by atoms with van der Waals surface area (Å²) in [5.41, 5.74) is 0.0904. The van der Waals surface area contributed by atoms with Crippen LogP contribution in [0.25, 0.3) is 0 Å². The number of hydrogen-bond acceptors (Lipinski definition) is 2. The number of aliphatic hydroxyl groups is 1. The zero-order valence-corrected chi connectivity index (χ0v) is 9.59. The number of aliphatic hydroxyl groups excluding tert-OH is 1. The number of hydrogen-bond donors (Lipinski definition) is 1. The fourth-order valence-electron chi connectivity index (χ4n) is 2.20. The van der Waals surface area contributed by atoms with Gasteiger partial charge in [0, 0.05) is 12.0 Å². The highest BCUT2D eigenvalue weighted by atomic mass is 16.5. The van der Waals surface area contributed by atoms with Crippen LogP contribution in [0.4, 0.5) is 0 Å². The van der Waals surface area contributed by atoms with Crippen LogP contribution in [0.5, 0.6) is 0 Å². The van der Waals surface area contributed by atoms with Gasteiger partial charge in [-0.3, -0.25) is 0 Å². The largest absolute Gasteiger partial charge is 0.396 e. The Morgan fingerprint density at radius 1 is 1.43 bits per heavy atom. The minimum atomic E-state index is 0.0904. The molecule has 84 valence electrons. The molecule has 1 unspecified atom stereocenters. The maximum absolute atomic E-state index is 9.43. The highest BCUT2D eigenvalue weighted by Crippen LogP contribution is 2.33. The predicted octanol–water partition coefficient (Wildman–Crippen LogP) is 2.60. The molecule has 0 saturated carbocycles. The number of rotatable bonds is 5. The molecule has 0 bridgehead atoms. The van der Waals surface area contributed by atoms with Gasteiger partial charge in [-0.25, -0.2) is 0 Å². The third kappa shape index (κ3) is 3.58. The first-order chi connectivity index (χ1) is 6.68. The van der Waals surface area contributed by atoms with Gasteiger partial charge in [-0.2, -0.15) is 0 Å². The van der Waals surface area contributed by atoms with E-state index in [4.69, 9.17) is 4.74 Å². The van der Waals surface area contributed by atoms with E-state index in [0.29, 0.717) is 6.61 Å². The van der Waals surface area contributed by atoms with Crippen LogP contribution in [-0.2, 0) is 4.74 Å². The monoisotopic (exact) mass is 200 g/mol. The first-order valence-corrected chi connectivity index (χ1v) is 5.87. The SMILES string of the molecule is CC(C)CCCC1(CO)CCCOC1. The van der Waals surface area contributed by atoms with E-state index in [9.17, 15) is 5.11 Å². The van der Waals surface area contributed by atoms with E-state index >= 15 is 0 Å². The minimum absolute atomic E-state index is 0.0904. The van der Waals surface area contributed by atoms with E-state index in [1.165, 1.54) is 12.8 Å². The van der Waals surface area contributed by atoms with Crippen molar-refractivity contribution >= 4 is 0 Å². The highest BCUT2D eigenvalue weighted by molar-refractivity contribution is 4.81. The summed E-state index contributed by atoms with van der Waals surface area (Å²) in [4.78, 5) is 0. The molecule has 2 heteroatoms. The van der Waals surface area contributed by atoms with Gasteiger partial charge in [-0.15, -0.1) is 0 Å². The van der Waals surface area contributed by atoms with Crippen molar-refractivity contribution in [1.82, 2.24) is 0 Å². The second-order valence-electron chi connectivity index (χ2n) is 5.10. The Morgan fingerprint density at radius 3 is 2.71 bits per heavy atom. The molecule has 1 aliphatic rings. The maximum Gasteiger partial charge on any atom is 0.0544 e. The second kappa shape index (κ2) is 5.72. The van der Waals surface area contributed by atoms with E-state index < -0.39 is 0 Å². The molecule has 1 fully saturated rings. The Balaban J connectivity index is 2.29. The Labute approximate surface area is 87.7 Å². The first-order valence-electron chi connectivity index (χ1n) is 5.87. The topological polar surface area (TPSA) is 29.5 Å². The molecule has 0 aliphatic carbocycles. The molecular formula is C12H24O2. The van der Waals surface area contributed by atoms with Crippen LogP contribution in [0.3, 0.4) is 0 Å². The van der Waals surface area contributed by atoms with Gasteiger partial charge >= 0.3 is 0 Å². The molecule has 1 heterocycles. The molecule has 0 radical (unpaired) electrons. The van der Waals surface area contributed by atoms with Gasteiger partial charge in [-0.1, -0.05) is 26.7 Å². The van der Waals surface area contributed by atoms with Crippen molar-refractivity contribution in [3.63, 3.8) is 0 Å². The van der Waals surface area contributed by atoms with Crippen LogP contribution >= 0.6 is 0 Å². The summed E-state index contributed by atoms with van der Waals surface area (Å²) >= 11 is 0. The third-order valence-corrected chi connectivity index (χ3v) is 3.23. The molecule has 1 saturated heterocycles. The summed E-state index contributed by atoms with van der Waals surface area (Å²) in [6.07, 6.45) is 5.87. The zero-order chi connectivity index (χ0) is 10.4. The standard InChI is InChI=1S/C12H24O2/c1-11(2)5-3-6-12(9-13)7-4-8-14-10-12/h11,13H,3-10H2,1-2H3. The molecule has 1 rings (SSSR count). The van der Waals surface area contributed by atoms with E-state index in [1.807, 2.05) is 0 Å². The second-order valence-corrected chi connectivity index (χ2v) is 5.10. The Hall–Kier alpha value is -0.0800.